The van der Waals surface area contributed by atoms with Crippen LogP contribution in [-0.2, 0) is 16.1 Å². The number of carbonyl (C=O) groups excluding carboxylic acids is 2. The highest BCUT2D eigenvalue weighted by atomic mass is 19.1. The molecule has 6 nitrogen and oxygen atoms in total. The van der Waals surface area contributed by atoms with Gasteiger partial charge in [0.05, 0.1) is 20.2 Å². The molecule has 156 valence electrons. The van der Waals surface area contributed by atoms with Crippen LogP contribution in [0.1, 0.15) is 16.7 Å². The molecule has 0 heterocycles. The summed E-state index contributed by atoms with van der Waals surface area (Å²) in [6.45, 7) is 4.32. The normalized spacial score (nSPS) is 10.7. The van der Waals surface area contributed by atoms with E-state index in [-0.39, 0.29) is 37.2 Å². The number of hydrogen-bond donors (Lipinski definition) is 1. The lowest BCUT2D eigenvalue weighted by Crippen LogP contribution is -2.39. The van der Waals surface area contributed by atoms with Crippen molar-refractivity contribution in [2.45, 2.75) is 20.4 Å². The lowest BCUT2D eigenvalue weighted by molar-refractivity contribution is -0.131. The molecule has 0 saturated carbocycles. The Bertz CT molecular complexity index is 886. The third kappa shape index (κ3) is 6.57. The molecule has 0 radical (unpaired) electrons. The molecule has 0 unspecified atom stereocenters. The number of anilines is 1. The first-order valence-corrected chi connectivity index (χ1v) is 9.31. The number of ether oxygens (including phenoxy) is 1. The molecule has 0 saturated heterocycles. The van der Waals surface area contributed by atoms with Crippen LogP contribution in [-0.4, -0.2) is 55.9 Å². The van der Waals surface area contributed by atoms with Gasteiger partial charge in [-0.05, 0) is 55.8 Å². The summed E-state index contributed by atoms with van der Waals surface area (Å²) >= 11 is 0. The van der Waals surface area contributed by atoms with Crippen molar-refractivity contribution >= 4 is 17.5 Å². The van der Waals surface area contributed by atoms with Crippen LogP contribution in [0.3, 0.4) is 0 Å². The average Bonchev–Trinajstić information content (AvgIpc) is 2.64. The number of benzene rings is 2. The van der Waals surface area contributed by atoms with Gasteiger partial charge in [0.25, 0.3) is 0 Å². The predicted octanol–water partition coefficient (Wildman–Crippen LogP) is 2.98. The van der Waals surface area contributed by atoms with Crippen LogP contribution < -0.4 is 10.1 Å². The summed E-state index contributed by atoms with van der Waals surface area (Å²) in [5.74, 6) is -0.652. The first kappa shape index (κ1) is 22.4. The molecule has 0 aliphatic heterocycles. The zero-order valence-electron chi connectivity index (χ0n) is 17.6. The number of nitrogens with one attached hydrogen (secondary N) is 1. The Hall–Kier alpha value is -2.93. The average molecular weight is 401 g/mol. The molecule has 0 fully saturated rings. The minimum Gasteiger partial charge on any atom is -0.494 e. The molecule has 0 atom stereocenters. The SMILES string of the molecule is COc1ccc(CN(C)C(=O)CN(C)CC(=O)Nc2cc(C)ccc2C)cc1F. The van der Waals surface area contributed by atoms with Gasteiger partial charge in [-0.15, -0.1) is 0 Å². The summed E-state index contributed by atoms with van der Waals surface area (Å²) in [6.07, 6.45) is 0. The fourth-order valence-corrected chi connectivity index (χ4v) is 2.88. The van der Waals surface area contributed by atoms with E-state index in [0.29, 0.717) is 5.56 Å². The van der Waals surface area contributed by atoms with Crippen molar-refractivity contribution in [1.82, 2.24) is 9.80 Å². The van der Waals surface area contributed by atoms with Crippen molar-refractivity contribution in [3.05, 3.63) is 58.9 Å². The second kappa shape index (κ2) is 10.0. The van der Waals surface area contributed by atoms with Crippen molar-refractivity contribution in [3.63, 3.8) is 0 Å². The Morgan fingerprint density at radius 3 is 2.45 bits per heavy atom. The van der Waals surface area contributed by atoms with Crippen molar-refractivity contribution in [1.29, 1.82) is 0 Å². The monoisotopic (exact) mass is 401 g/mol. The molecular weight excluding hydrogens is 373 g/mol. The number of likely N-dealkylation sites (N-methyl/N-ethyl adjacent to an activating group) is 2. The largest absolute Gasteiger partial charge is 0.494 e. The molecule has 7 heteroatoms. The number of aryl methyl sites for hydroxylation is 2. The van der Waals surface area contributed by atoms with Gasteiger partial charge in [0.2, 0.25) is 11.8 Å². The van der Waals surface area contributed by atoms with E-state index in [9.17, 15) is 14.0 Å². The number of hydrogen-bond acceptors (Lipinski definition) is 4. The van der Waals surface area contributed by atoms with E-state index in [4.69, 9.17) is 4.74 Å². The van der Waals surface area contributed by atoms with Gasteiger partial charge in [-0.2, -0.15) is 0 Å². The van der Waals surface area contributed by atoms with Gasteiger partial charge < -0.3 is 15.0 Å². The van der Waals surface area contributed by atoms with Gasteiger partial charge in [-0.1, -0.05) is 18.2 Å². The van der Waals surface area contributed by atoms with E-state index in [1.54, 1.807) is 25.1 Å². The first-order chi connectivity index (χ1) is 13.7. The second-order valence-corrected chi connectivity index (χ2v) is 7.26. The number of carbonyl (C=O) groups is 2. The molecule has 0 aromatic heterocycles. The van der Waals surface area contributed by atoms with Crippen LogP contribution in [0.25, 0.3) is 0 Å². The quantitative estimate of drug-likeness (QED) is 0.739. The number of halogens is 1. The molecule has 0 aliphatic carbocycles. The summed E-state index contributed by atoms with van der Waals surface area (Å²) in [4.78, 5) is 27.9. The number of rotatable bonds is 8. The van der Waals surface area contributed by atoms with E-state index in [2.05, 4.69) is 5.32 Å². The van der Waals surface area contributed by atoms with Crippen LogP contribution in [0.5, 0.6) is 5.75 Å². The van der Waals surface area contributed by atoms with Crippen molar-refractivity contribution in [2.24, 2.45) is 0 Å². The molecule has 0 bridgehead atoms. The van der Waals surface area contributed by atoms with E-state index in [0.717, 1.165) is 16.8 Å². The van der Waals surface area contributed by atoms with E-state index >= 15 is 0 Å². The minimum atomic E-state index is -0.467. The van der Waals surface area contributed by atoms with Gasteiger partial charge in [-0.25, -0.2) is 4.39 Å². The number of methoxy groups -OCH3 is 1. The molecule has 2 aromatic carbocycles. The van der Waals surface area contributed by atoms with Crippen molar-refractivity contribution < 1.29 is 18.7 Å². The van der Waals surface area contributed by atoms with E-state index < -0.39 is 5.82 Å². The lowest BCUT2D eigenvalue weighted by atomic mass is 10.1. The zero-order valence-corrected chi connectivity index (χ0v) is 17.6. The van der Waals surface area contributed by atoms with E-state index in [1.165, 1.54) is 24.1 Å². The standard InChI is InChI=1S/C22H28FN3O3/c1-15-6-7-16(2)19(10-15)24-21(27)13-25(3)14-22(28)26(4)12-17-8-9-20(29-5)18(23)11-17/h6-11H,12-14H2,1-5H3,(H,24,27). The molecule has 1 N–H and O–H groups in total. The topological polar surface area (TPSA) is 61.9 Å². The third-order valence-electron chi connectivity index (χ3n) is 4.55. The van der Waals surface area contributed by atoms with Crippen molar-refractivity contribution in [2.75, 3.05) is 39.6 Å². The summed E-state index contributed by atoms with van der Waals surface area (Å²) < 4.78 is 18.7. The maximum absolute atomic E-state index is 13.8. The van der Waals surface area contributed by atoms with Crippen LogP contribution in [0.4, 0.5) is 10.1 Å². The fourth-order valence-electron chi connectivity index (χ4n) is 2.88. The molecule has 0 aliphatic rings. The highest BCUT2D eigenvalue weighted by molar-refractivity contribution is 5.93. The Balaban J connectivity index is 1.86. The lowest BCUT2D eigenvalue weighted by Gasteiger charge is -2.22. The van der Waals surface area contributed by atoms with E-state index in [1.807, 2.05) is 32.0 Å². The van der Waals surface area contributed by atoms with Gasteiger partial charge >= 0.3 is 0 Å². The van der Waals surface area contributed by atoms with Crippen LogP contribution in [0, 0.1) is 19.7 Å². The summed E-state index contributed by atoms with van der Waals surface area (Å²) in [7, 11) is 4.76. The van der Waals surface area contributed by atoms with Crippen LogP contribution >= 0.6 is 0 Å². The molecule has 2 rings (SSSR count). The van der Waals surface area contributed by atoms with Crippen LogP contribution in [0.15, 0.2) is 36.4 Å². The molecular formula is C22H28FN3O3. The van der Waals surface area contributed by atoms with Gasteiger partial charge in [0.15, 0.2) is 11.6 Å². The number of amides is 2. The predicted molar refractivity (Wildman–Crippen MR) is 111 cm³/mol. The highest BCUT2D eigenvalue weighted by Gasteiger charge is 2.16. The van der Waals surface area contributed by atoms with Gasteiger partial charge in [-0.3, -0.25) is 14.5 Å². The fraction of sp³-hybridized carbons (Fsp3) is 0.364. The summed E-state index contributed by atoms with van der Waals surface area (Å²) in [5.41, 5.74) is 3.48. The molecule has 2 amide bonds. The third-order valence-corrected chi connectivity index (χ3v) is 4.55. The molecule has 0 spiro atoms. The highest BCUT2D eigenvalue weighted by Crippen LogP contribution is 2.19. The Kier molecular flexibility index (Phi) is 7.73. The Labute approximate surface area is 171 Å². The second-order valence-electron chi connectivity index (χ2n) is 7.26. The number of nitrogens with zero attached hydrogens (tertiary/aromatic N) is 2. The first-order valence-electron chi connectivity index (χ1n) is 9.31. The summed E-state index contributed by atoms with van der Waals surface area (Å²) in [5, 5.41) is 2.88. The van der Waals surface area contributed by atoms with Gasteiger partial charge in [0.1, 0.15) is 0 Å². The molecule has 2 aromatic rings. The zero-order chi connectivity index (χ0) is 21.6. The van der Waals surface area contributed by atoms with Crippen molar-refractivity contribution in [3.8, 4) is 5.75 Å². The smallest absolute Gasteiger partial charge is 0.238 e. The van der Waals surface area contributed by atoms with Crippen LogP contribution in [0.2, 0.25) is 0 Å². The van der Waals surface area contributed by atoms with Gasteiger partial charge in [0, 0.05) is 19.3 Å². The maximum Gasteiger partial charge on any atom is 0.238 e. The Morgan fingerprint density at radius 2 is 1.79 bits per heavy atom. The molecule has 29 heavy (non-hydrogen) atoms. The Morgan fingerprint density at radius 1 is 1.07 bits per heavy atom. The summed E-state index contributed by atoms with van der Waals surface area (Å²) in [6, 6.07) is 10.5. The maximum atomic E-state index is 13.8. The minimum absolute atomic E-state index is 0.0787.